The van der Waals surface area contributed by atoms with Crippen molar-refractivity contribution in [2.45, 2.75) is 31.1 Å². The van der Waals surface area contributed by atoms with Crippen molar-refractivity contribution in [1.29, 1.82) is 0 Å². The molecule has 1 aromatic carbocycles. The largest absolute Gasteiger partial charge is 0.461 e. The second kappa shape index (κ2) is 7.80. The molecule has 0 saturated carbocycles. The number of rotatable bonds is 6. The Kier molecular flexibility index (Phi) is 6.00. The molecule has 2 rings (SSSR count). The molecule has 1 fully saturated rings. The minimum atomic E-state index is -4.69. The second-order valence-corrected chi connectivity index (χ2v) is 5.18. The number of hydrogen-bond acceptors (Lipinski definition) is 4. The van der Waals surface area contributed by atoms with Gasteiger partial charge in [-0.25, -0.2) is 0 Å². The predicted molar refractivity (Wildman–Crippen MR) is 75.5 cm³/mol. The summed E-state index contributed by atoms with van der Waals surface area (Å²) in [5.41, 5.74) is -0.265. The lowest BCUT2D eigenvalue weighted by molar-refractivity contribution is -0.253. The quantitative estimate of drug-likeness (QED) is 0.800. The summed E-state index contributed by atoms with van der Waals surface area (Å²) in [4.78, 5) is 12.3. The summed E-state index contributed by atoms with van der Waals surface area (Å²) >= 11 is 0. The number of hydrogen-bond donors (Lipinski definition) is 1. The molecule has 0 unspecified atom stereocenters. The fourth-order valence-corrected chi connectivity index (χ4v) is 2.29. The first-order valence-electron chi connectivity index (χ1n) is 7.20. The van der Waals surface area contributed by atoms with E-state index in [1.807, 2.05) is 0 Å². The maximum Gasteiger partial charge on any atom is 0.461 e. The molecule has 2 atom stereocenters. The number of benzene rings is 1. The number of carbonyl (C=O) groups is 1. The number of carbonyl (C=O) groups excluding carboxylic acids is 1. The molecule has 5 nitrogen and oxygen atoms in total. The number of amides is 1. The van der Waals surface area contributed by atoms with E-state index in [1.54, 1.807) is 0 Å². The minimum Gasteiger partial charge on any atom is -0.427 e. The van der Waals surface area contributed by atoms with Gasteiger partial charge >= 0.3 is 12.5 Å². The van der Waals surface area contributed by atoms with Gasteiger partial charge in [0.25, 0.3) is 5.91 Å². The SMILES string of the molecule is CO[C@@H]1COCC[C@H]1NC(=O)c1ccccc1OC(F)(F)C(F)F. The van der Waals surface area contributed by atoms with Crippen LogP contribution in [0.2, 0.25) is 0 Å². The average Bonchev–Trinajstić information content (AvgIpc) is 2.55. The van der Waals surface area contributed by atoms with Gasteiger partial charge < -0.3 is 19.5 Å². The molecule has 134 valence electrons. The van der Waals surface area contributed by atoms with Gasteiger partial charge in [-0.2, -0.15) is 17.6 Å². The van der Waals surface area contributed by atoms with Gasteiger partial charge in [0, 0.05) is 13.7 Å². The zero-order chi connectivity index (χ0) is 17.7. The third-order valence-electron chi connectivity index (χ3n) is 3.56. The van der Waals surface area contributed by atoms with Crippen molar-refractivity contribution in [1.82, 2.24) is 5.32 Å². The van der Waals surface area contributed by atoms with Gasteiger partial charge in [-0.15, -0.1) is 0 Å². The van der Waals surface area contributed by atoms with Crippen molar-refractivity contribution in [3.8, 4) is 5.75 Å². The van der Waals surface area contributed by atoms with Gasteiger partial charge in [0.15, 0.2) is 0 Å². The molecule has 1 saturated heterocycles. The molecule has 24 heavy (non-hydrogen) atoms. The van der Waals surface area contributed by atoms with Crippen molar-refractivity contribution >= 4 is 5.91 Å². The predicted octanol–water partition coefficient (Wildman–Crippen LogP) is 2.46. The Hall–Kier alpha value is -1.87. The third-order valence-corrected chi connectivity index (χ3v) is 3.56. The standard InChI is InChI=1S/C15H17F4NO4/c1-22-12-8-23-7-6-10(12)20-13(21)9-4-2-3-5-11(9)24-15(18,19)14(16)17/h2-5,10,12,14H,6-8H2,1H3,(H,20,21)/t10-,12-/m1/s1. The van der Waals surface area contributed by atoms with Crippen LogP contribution in [-0.4, -0.2) is 50.9 Å². The summed E-state index contributed by atoms with van der Waals surface area (Å²) in [7, 11) is 1.46. The summed E-state index contributed by atoms with van der Waals surface area (Å²) in [5.74, 6) is -1.34. The lowest BCUT2D eigenvalue weighted by atomic mass is 10.1. The van der Waals surface area contributed by atoms with Crippen molar-refractivity contribution in [3.05, 3.63) is 29.8 Å². The zero-order valence-corrected chi connectivity index (χ0v) is 12.8. The second-order valence-electron chi connectivity index (χ2n) is 5.18. The number of halogens is 4. The highest BCUT2D eigenvalue weighted by molar-refractivity contribution is 5.97. The number of ether oxygens (including phenoxy) is 3. The fraction of sp³-hybridized carbons (Fsp3) is 0.533. The van der Waals surface area contributed by atoms with Crippen molar-refractivity contribution in [2.75, 3.05) is 20.3 Å². The molecule has 0 radical (unpaired) electrons. The highest BCUT2D eigenvalue weighted by Gasteiger charge is 2.44. The highest BCUT2D eigenvalue weighted by atomic mass is 19.3. The molecule has 1 heterocycles. The van der Waals surface area contributed by atoms with Crippen LogP contribution in [-0.2, 0) is 9.47 Å². The van der Waals surface area contributed by atoms with Gasteiger partial charge in [-0.1, -0.05) is 12.1 Å². The monoisotopic (exact) mass is 351 g/mol. The topological polar surface area (TPSA) is 56.8 Å². The molecule has 0 bridgehead atoms. The molecule has 1 aliphatic heterocycles. The first-order chi connectivity index (χ1) is 11.3. The molecule has 0 spiro atoms. The summed E-state index contributed by atoms with van der Waals surface area (Å²) < 4.78 is 65.3. The summed E-state index contributed by atoms with van der Waals surface area (Å²) in [6, 6.07) is 4.58. The zero-order valence-electron chi connectivity index (χ0n) is 12.8. The van der Waals surface area contributed by atoms with Gasteiger partial charge in [-0.3, -0.25) is 4.79 Å². The average molecular weight is 351 g/mol. The van der Waals surface area contributed by atoms with E-state index in [2.05, 4.69) is 10.1 Å². The van der Waals surface area contributed by atoms with E-state index in [0.717, 1.165) is 6.07 Å². The first-order valence-corrected chi connectivity index (χ1v) is 7.20. The van der Waals surface area contributed by atoms with Crippen molar-refractivity contribution in [2.24, 2.45) is 0 Å². The number of nitrogens with one attached hydrogen (secondary N) is 1. The summed E-state index contributed by atoms with van der Waals surface area (Å²) in [6.45, 7) is 0.690. The molecule has 0 aliphatic carbocycles. The Morgan fingerprint density at radius 2 is 2.08 bits per heavy atom. The van der Waals surface area contributed by atoms with Crippen LogP contribution in [0.4, 0.5) is 17.6 Å². The maximum atomic E-state index is 13.1. The van der Waals surface area contributed by atoms with Crippen LogP contribution in [0.15, 0.2) is 24.3 Å². The maximum absolute atomic E-state index is 13.1. The Morgan fingerprint density at radius 1 is 1.38 bits per heavy atom. The first kappa shape index (κ1) is 18.5. The number of methoxy groups -OCH3 is 1. The van der Waals surface area contributed by atoms with E-state index in [1.165, 1.54) is 25.3 Å². The van der Waals surface area contributed by atoms with E-state index in [0.29, 0.717) is 13.0 Å². The normalized spacial score (nSPS) is 21.6. The van der Waals surface area contributed by atoms with E-state index in [4.69, 9.17) is 9.47 Å². The molecule has 1 N–H and O–H groups in total. The van der Waals surface area contributed by atoms with Crippen molar-refractivity contribution < 1.29 is 36.6 Å². The summed E-state index contributed by atoms with van der Waals surface area (Å²) in [5, 5.41) is 2.64. The Morgan fingerprint density at radius 3 is 2.75 bits per heavy atom. The van der Waals surface area contributed by atoms with Crippen molar-refractivity contribution in [3.63, 3.8) is 0 Å². The van der Waals surface area contributed by atoms with Crippen LogP contribution >= 0.6 is 0 Å². The molecule has 1 aromatic rings. The van der Waals surface area contributed by atoms with Gasteiger partial charge in [0.2, 0.25) is 0 Å². The van der Waals surface area contributed by atoms with Gasteiger partial charge in [0.1, 0.15) is 11.9 Å². The Labute approximate surface area is 135 Å². The number of alkyl halides is 4. The summed E-state index contributed by atoms with van der Waals surface area (Å²) in [6.07, 6.45) is -8.62. The molecular formula is C15H17F4NO4. The smallest absolute Gasteiger partial charge is 0.427 e. The van der Waals surface area contributed by atoms with E-state index in [-0.39, 0.29) is 18.2 Å². The van der Waals surface area contributed by atoms with Gasteiger partial charge in [0.05, 0.1) is 18.2 Å². The Balaban J connectivity index is 2.15. The van der Waals surface area contributed by atoms with Crippen LogP contribution in [0, 0.1) is 0 Å². The third kappa shape index (κ3) is 4.35. The lowest BCUT2D eigenvalue weighted by Gasteiger charge is -2.31. The molecule has 0 aromatic heterocycles. The highest BCUT2D eigenvalue weighted by Crippen LogP contribution is 2.30. The Bertz CT molecular complexity index is 570. The van der Waals surface area contributed by atoms with E-state index in [9.17, 15) is 22.4 Å². The van der Waals surface area contributed by atoms with Crippen LogP contribution in [0.3, 0.4) is 0 Å². The van der Waals surface area contributed by atoms with E-state index >= 15 is 0 Å². The van der Waals surface area contributed by atoms with Crippen LogP contribution in [0.25, 0.3) is 0 Å². The lowest BCUT2D eigenvalue weighted by Crippen LogP contribution is -2.49. The van der Waals surface area contributed by atoms with Crippen LogP contribution in [0.1, 0.15) is 16.8 Å². The van der Waals surface area contributed by atoms with Crippen LogP contribution in [0.5, 0.6) is 5.75 Å². The van der Waals surface area contributed by atoms with Gasteiger partial charge in [-0.05, 0) is 18.6 Å². The van der Waals surface area contributed by atoms with E-state index < -0.39 is 30.3 Å². The fourth-order valence-electron chi connectivity index (χ4n) is 2.29. The molecular weight excluding hydrogens is 334 g/mol. The molecule has 1 amide bonds. The molecule has 9 heteroatoms. The van der Waals surface area contributed by atoms with Crippen LogP contribution < -0.4 is 10.1 Å². The minimum absolute atomic E-state index is 0.265. The molecule has 1 aliphatic rings. The number of para-hydroxylation sites is 1.